The van der Waals surface area contributed by atoms with E-state index in [4.69, 9.17) is 4.42 Å². The molecule has 0 unspecified atom stereocenters. The molecule has 2 aromatic carbocycles. The summed E-state index contributed by atoms with van der Waals surface area (Å²) in [6, 6.07) is 18.9. The molecule has 7 nitrogen and oxygen atoms in total. The summed E-state index contributed by atoms with van der Waals surface area (Å²) in [5.41, 5.74) is 3.38. The van der Waals surface area contributed by atoms with Crippen molar-refractivity contribution in [1.29, 1.82) is 0 Å². The number of aromatic nitrogens is 2. The van der Waals surface area contributed by atoms with Crippen molar-refractivity contribution in [2.24, 2.45) is 0 Å². The predicted octanol–water partition coefficient (Wildman–Crippen LogP) is 4.46. The molecule has 0 bridgehead atoms. The van der Waals surface area contributed by atoms with Crippen LogP contribution in [0.5, 0.6) is 0 Å². The summed E-state index contributed by atoms with van der Waals surface area (Å²) in [5, 5.41) is 11.8. The molecule has 0 spiro atoms. The van der Waals surface area contributed by atoms with Crippen LogP contribution in [0.2, 0.25) is 0 Å². The second-order valence-electron chi connectivity index (χ2n) is 8.48. The Kier molecular flexibility index (Phi) is 8.60. The topological polar surface area (TPSA) is 74.5 Å². The number of anilines is 1. The third-order valence-corrected chi connectivity index (χ3v) is 7.00. The number of carbonyl (C=O) groups excluding carboxylic acids is 1. The van der Waals surface area contributed by atoms with E-state index < -0.39 is 0 Å². The molecule has 4 rings (SSSR count). The average Bonchev–Trinajstić information content (AvgIpc) is 3.35. The molecule has 1 aliphatic heterocycles. The first-order chi connectivity index (χ1) is 16.6. The van der Waals surface area contributed by atoms with E-state index in [1.165, 1.54) is 23.0 Å². The van der Waals surface area contributed by atoms with Gasteiger partial charge in [0.05, 0.1) is 5.75 Å². The highest BCUT2D eigenvalue weighted by molar-refractivity contribution is 7.99. The van der Waals surface area contributed by atoms with Gasteiger partial charge in [-0.25, -0.2) is 0 Å². The molecular weight excluding hydrogens is 446 g/mol. The molecule has 0 aliphatic carbocycles. The minimum Gasteiger partial charge on any atom is -0.411 e. The van der Waals surface area contributed by atoms with E-state index in [0.717, 1.165) is 51.1 Å². The van der Waals surface area contributed by atoms with Crippen molar-refractivity contribution in [2.75, 3.05) is 36.8 Å². The second kappa shape index (κ2) is 12.0. The van der Waals surface area contributed by atoms with Crippen LogP contribution in [0.4, 0.5) is 5.69 Å². The van der Waals surface area contributed by atoms with Crippen LogP contribution in [0.25, 0.3) is 11.5 Å². The Bertz CT molecular complexity index is 1030. The standard InChI is InChI=1S/C26H33N5O2S/c1-3-31(4-2)23-12-10-21(11-13-23)25-28-29-26(33-25)34-19-24(32)27-22-14-16-30(17-15-22)18-20-8-6-5-7-9-20/h5-13,22H,3-4,14-19H2,1-2H3,(H,27,32). The maximum atomic E-state index is 12.5. The number of piperidine rings is 1. The summed E-state index contributed by atoms with van der Waals surface area (Å²) < 4.78 is 5.77. The van der Waals surface area contributed by atoms with E-state index in [1.807, 2.05) is 18.2 Å². The quantitative estimate of drug-likeness (QED) is 0.431. The predicted molar refractivity (Wildman–Crippen MR) is 137 cm³/mol. The number of nitrogens with one attached hydrogen (secondary N) is 1. The lowest BCUT2D eigenvalue weighted by Crippen LogP contribution is -2.44. The Balaban J connectivity index is 1.20. The van der Waals surface area contributed by atoms with Gasteiger partial charge in [0, 0.05) is 50.0 Å². The Hall–Kier alpha value is -2.84. The van der Waals surface area contributed by atoms with E-state index in [9.17, 15) is 4.79 Å². The van der Waals surface area contributed by atoms with Gasteiger partial charge in [-0.1, -0.05) is 42.1 Å². The van der Waals surface area contributed by atoms with Crippen molar-refractivity contribution in [1.82, 2.24) is 20.4 Å². The summed E-state index contributed by atoms with van der Waals surface area (Å²) in [7, 11) is 0. The largest absolute Gasteiger partial charge is 0.411 e. The number of nitrogens with zero attached hydrogens (tertiary/aromatic N) is 4. The smallest absolute Gasteiger partial charge is 0.277 e. The number of benzene rings is 2. The van der Waals surface area contributed by atoms with Crippen molar-refractivity contribution in [3.63, 3.8) is 0 Å². The molecule has 1 N–H and O–H groups in total. The SMILES string of the molecule is CCN(CC)c1ccc(-c2nnc(SCC(=O)NC3CCN(Cc4ccccc4)CC3)o2)cc1. The molecule has 0 saturated carbocycles. The molecule has 2 heterocycles. The van der Waals surface area contributed by atoms with Crippen molar-refractivity contribution in [3.05, 3.63) is 60.2 Å². The Morgan fingerprint density at radius 2 is 1.76 bits per heavy atom. The number of hydrogen-bond donors (Lipinski definition) is 1. The Morgan fingerprint density at radius 3 is 2.44 bits per heavy atom. The first-order valence-electron chi connectivity index (χ1n) is 12.0. The monoisotopic (exact) mass is 479 g/mol. The highest BCUT2D eigenvalue weighted by Gasteiger charge is 2.21. The molecule has 34 heavy (non-hydrogen) atoms. The molecule has 1 aromatic heterocycles. The van der Waals surface area contributed by atoms with Crippen LogP contribution in [0.1, 0.15) is 32.3 Å². The van der Waals surface area contributed by atoms with Gasteiger partial charge in [0.15, 0.2) is 0 Å². The van der Waals surface area contributed by atoms with Gasteiger partial charge < -0.3 is 14.6 Å². The summed E-state index contributed by atoms with van der Waals surface area (Å²) in [6.45, 7) is 9.17. The van der Waals surface area contributed by atoms with Crippen LogP contribution in [-0.4, -0.2) is 59.0 Å². The lowest BCUT2D eigenvalue weighted by Gasteiger charge is -2.32. The van der Waals surface area contributed by atoms with Crippen molar-refractivity contribution < 1.29 is 9.21 Å². The molecule has 1 saturated heterocycles. The summed E-state index contributed by atoms with van der Waals surface area (Å²) in [6.07, 6.45) is 1.94. The van der Waals surface area contributed by atoms with Gasteiger partial charge >= 0.3 is 0 Å². The van der Waals surface area contributed by atoms with Gasteiger partial charge in [-0.15, -0.1) is 10.2 Å². The van der Waals surface area contributed by atoms with Gasteiger partial charge in [0.25, 0.3) is 5.22 Å². The molecule has 8 heteroatoms. The number of hydrogen-bond acceptors (Lipinski definition) is 7. The number of carbonyl (C=O) groups is 1. The van der Waals surface area contributed by atoms with E-state index in [2.05, 4.69) is 75.6 Å². The van der Waals surface area contributed by atoms with Crippen LogP contribution < -0.4 is 10.2 Å². The summed E-state index contributed by atoms with van der Waals surface area (Å²) in [5.74, 6) is 0.752. The minimum atomic E-state index is 0.00911. The third kappa shape index (κ3) is 6.61. The van der Waals surface area contributed by atoms with Crippen molar-refractivity contribution in [3.8, 4) is 11.5 Å². The maximum Gasteiger partial charge on any atom is 0.277 e. The first kappa shape index (κ1) is 24.3. The molecule has 180 valence electrons. The van der Waals surface area contributed by atoms with Gasteiger partial charge in [-0.05, 0) is 56.5 Å². The number of thioether (sulfide) groups is 1. The molecule has 1 fully saturated rings. The van der Waals surface area contributed by atoms with Gasteiger partial charge in [-0.2, -0.15) is 0 Å². The zero-order chi connectivity index (χ0) is 23.8. The highest BCUT2D eigenvalue weighted by Crippen LogP contribution is 2.25. The molecular formula is C26H33N5O2S. The van der Waals surface area contributed by atoms with Crippen molar-refractivity contribution >= 4 is 23.4 Å². The second-order valence-corrected chi connectivity index (χ2v) is 9.41. The highest BCUT2D eigenvalue weighted by atomic mass is 32.2. The zero-order valence-corrected chi connectivity index (χ0v) is 20.8. The minimum absolute atomic E-state index is 0.00911. The third-order valence-electron chi connectivity index (χ3n) is 6.18. The van der Waals surface area contributed by atoms with Gasteiger partial charge in [0.1, 0.15) is 0 Å². The van der Waals surface area contributed by atoms with Crippen molar-refractivity contribution in [2.45, 2.75) is 44.5 Å². The van der Waals surface area contributed by atoms with Crippen LogP contribution >= 0.6 is 11.8 Å². The van der Waals surface area contributed by atoms with E-state index >= 15 is 0 Å². The summed E-state index contributed by atoms with van der Waals surface area (Å²) in [4.78, 5) is 17.2. The average molecular weight is 480 g/mol. The van der Waals surface area contributed by atoms with Crippen LogP contribution in [-0.2, 0) is 11.3 Å². The Labute approximate surface area is 205 Å². The molecule has 1 amide bonds. The van der Waals surface area contributed by atoms with Gasteiger partial charge in [0.2, 0.25) is 11.8 Å². The van der Waals surface area contributed by atoms with Gasteiger partial charge in [-0.3, -0.25) is 9.69 Å². The zero-order valence-electron chi connectivity index (χ0n) is 19.9. The molecule has 1 aliphatic rings. The fourth-order valence-electron chi connectivity index (χ4n) is 4.26. The van der Waals surface area contributed by atoms with E-state index in [0.29, 0.717) is 11.1 Å². The lowest BCUT2D eigenvalue weighted by molar-refractivity contribution is -0.119. The first-order valence-corrected chi connectivity index (χ1v) is 13.0. The lowest BCUT2D eigenvalue weighted by atomic mass is 10.0. The van der Waals surface area contributed by atoms with Crippen LogP contribution in [0.3, 0.4) is 0 Å². The number of rotatable bonds is 10. The molecule has 0 atom stereocenters. The summed E-state index contributed by atoms with van der Waals surface area (Å²) >= 11 is 1.28. The van der Waals surface area contributed by atoms with Crippen LogP contribution in [0.15, 0.2) is 64.2 Å². The number of amides is 1. The normalized spacial score (nSPS) is 14.8. The molecule has 3 aromatic rings. The van der Waals surface area contributed by atoms with E-state index in [1.54, 1.807) is 0 Å². The fraction of sp³-hybridized carbons (Fsp3) is 0.423. The molecule has 0 radical (unpaired) electrons. The fourth-order valence-corrected chi connectivity index (χ4v) is 4.84. The van der Waals surface area contributed by atoms with Crippen LogP contribution in [0, 0.1) is 0 Å². The number of likely N-dealkylation sites (tertiary alicyclic amines) is 1. The maximum absolute atomic E-state index is 12.5. The Morgan fingerprint density at radius 1 is 1.06 bits per heavy atom. The van der Waals surface area contributed by atoms with E-state index in [-0.39, 0.29) is 17.7 Å².